The van der Waals surface area contributed by atoms with E-state index in [1.807, 2.05) is 22.6 Å². The lowest BCUT2D eigenvalue weighted by atomic mass is 10.0. The lowest BCUT2D eigenvalue weighted by molar-refractivity contribution is -0.275. The van der Waals surface area contributed by atoms with Crippen LogP contribution in [0.1, 0.15) is 0 Å². The topological polar surface area (TPSA) is 90.2 Å². The second-order valence-electron chi connectivity index (χ2n) is 2.69. The molecule has 5 nitrogen and oxygen atoms in total. The zero-order valence-electron chi connectivity index (χ0n) is 6.17. The number of alkyl halides is 1. The van der Waals surface area contributed by atoms with Crippen LogP contribution in [0.5, 0.6) is 0 Å². The van der Waals surface area contributed by atoms with Gasteiger partial charge in [-0.15, -0.1) is 0 Å². The summed E-state index contributed by atoms with van der Waals surface area (Å²) in [5, 5.41) is 36.5. The number of halogens is 1. The van der Waals surface area contributed by atoms with Gasteiger partial charge in [0.15, 0.2) is 6.29 Å². The molecular formula is C6H11IO5. The average Bonchev–Trinajstić information content (AvgIpc) is 2.08. The van der Waals surface area contributed by atoms with Crippen molar-refractivity contribution in [3.05, 3.63) is 0 Å². The molecule has 1 fully saturated rings. The van der Waals surface area contributed by atoms with Gasteiger partial charge in [0, 0.05) is 4.43 Å². The first kappa shape index (κ1) is 10.6. The monoisotopic (exact) mass is 286 g/mol. The first-order chi connectivity index (χ1) is 5.57. The van der Waals surface area contributed by atoms with Gasteiger partial charge in [-0.3, -0.25) is 0 Å². The SMILES string of the molecule is OC1O[C@H](C[123I])[C@@H](O)[C@H](O)[C@@H]1O. The maximum Gasteiger partial charge on any atom is 0.183 e. The molecule has 72 valence electrons. The molecular weight excluding hydrogens is 275 g/mol. The molecule has 0 radical (unpaired) electrons. The van der Waals surface area contributed by atoms with E-state index in [0.29, 0.717) is 4.43 Å². The van der Waals surface area contributed by atoms with Crippen LogP contribution in [0.4, 0.5) is 0 Å². The van der Waals surface area contributed by atoms with Crippen molar-refractivity contribution in [2.24, 2.45) is 0 Å². The molecule has 1 aliphatic rings. The number of ether oxygens (including phenoxy) is 1. The zero-order valence-corrected chi connectivity index (χ0v) is 8.33. The summed E-state index contributed by atoms with van der Waals surface area (Å²) in [4.78, 5) is 0. The molecule has 5 atom stereocenters. The van der Waals surface area contributed by atoms with Gasteiger partial charge in [-0.2, -0.15) is 0 Å². The molecule has 0 spiro atoms. The Hall–Kier alpha value is 0.530. The maximum atomic E-state index is 9.27. The minimum Gasteiger partial charge on any atom is -0.388 e. The van der Waals surface area contributed by atoms with Crippen molar-refractivity contribution in [1.82, 2.24) is 0 Å². The van der Waals surface area contributed by atoms with Crippen LogP contribution >= 0.6 is 22.6 Å². The van der Waals surface area contributed by atoms with Crippen LogP contribution in [0.25, 0.3) is 0 Å². The standard InChI is InChI=1S/C6H11IO5/c7-1-2-3(8)4(9)5(10)6(11)12-2/h2-6,8-11H,1H2/t2-,3-,4+,5+,6?/m1/s1/i7-4. The fourth-order valence-electron chi connectivity index (χ4n) is 1.06. The van der Waals surface area contributed by atoms with Crippen LogP contribution < -0.4 is 0 Å². The number of hydrogen-bond acceptors (Lipinski definition) is 5. The first-order valence-electron chi connectivity index (χ1n) is 3.51. The van der Waals surface area contributed by atoms with Gasteiger partial charge in [0.1, 0.15) is 18.3 Å². The molecule has 1 unspecified atom stereocenters. The van der Waals surface area contributed by atoms with Gasteiger partial charge in [-0.05, 0) is 0 Å². The van der Waals surface area contributed by atoms with Gasteiger partial charge in [-0.1, -0.05) is 22.6 Å². The summed E-state index contributed by atoms with van der Waals surface area (Å²) in [7, 11) is 0. The molecule has 1 aliphatic heterocycles. The van der Waals surface area contributed by atoms with E-state index in [0.717, 1.165) is 0 Å². The third-order valence-electron chi connectivity index (χ3n) is 1.84. The minimum atomic E-state index is -1.43. The number of hydrogen-bond donors (Lipinski definition) is 4. The lowest BCUT2D eigenvalue weighted by Crippen LogP contribution is -2.57. The van der Waals surface area contributed by atoms with E-state index in [1.54, 1.807) is 0 Å². The van der Waals surface area contributed by atoms with Crippen molar-refractivity contribution in [2.75, 3.05) is 4.43 Å². The van der Waals surface area contributed by atoms with Crippen molar-refractivity contribution in [3.8, 4) is 0 Å². The molecule has 6 heteroatoms. The van der Waals surface area contributed by atoms with Crippen LogP contribution in [0, 0.1) is 0 Å². The number of aliphatic hydroxyl groups is 4. The summed E-state index contributed by atoms with van der Waals surface area (Å²) < 4.78 is 5.26. The highest BCUT2D eigenvalue weighted by atomic mass is 123. The Balaban J connectivity index is 2.63. The van der Waals surface area contributed by atoms with Gasteiger partial charge in [0.25, 0.3) is 0 Å². The summed E-state index contributed by atoms with van der Waals surface area (Å²) in [6, 6.07) is 0. The van der Waals surface area contributed by atoms with Crippen LogP contribution in [-0.2, 0) is 4.74 Å². The van der Waals surface area contributed by atoms with Crippen molar-refractivity contribution in [3.63, 3.8) is 0 Å². The second kappa shape index (κ2) is 4.16. The van der Waals surface area contributed by atoms with E-state index < -0.39 is 30.7 Å². The van der Waals surface area contributed by atoms with E-state index in [1.165, 1.54) is 0 Å². The average molecular weight is 286 g/mol. The summed E-state index contributed by atoms with van der Waals surface area (Å²) in [6.45, 7) is 0. The summed E-state index contributed by atoms with van der Waals surface area (Å²) in [6.07, 6.45) is -5.95. The van der Waals surface area contributed by atoms with Crippen molar-refractivity contribution >= 4 is 22.6 Å². The molecule has 1 heterocycles. The van der Waals surface area contributed by atoms with E-state index in [2.05, 4.69) is 0 Å². The Morgan fingerprint density at radius 1 is 1.00 bits per heavy atom. The lowest BCUT2D eigenvalue weighted by Gasteiger charge is -2.37. The Morgan fingerprint density at radius 2 is 1.58 bits per heavy atom. The van der Waals surface area contributed by atoms with Crippen LogP contribution in [-0.4, -0.2) is 55.6 Å². The van der Waals surface area contributed by atoms with Crippen molar-refractivity contribution in [2.45, 2.75) is 30.7 Å². The van der Waals surface area contributed by atoms with Gasteiger partial charge < -0.3 is 25.2 Å². The highest BCUT2D eigenvalue weighted by Gasteiger charge is 2.42. The quantitative estimate of drug-likeness (QED) is 0.338. The predicted octanol–water partition coefficient (Wildman–Crippen LogP) is -1.78. The normalized spacial score (nSPS) is 49.2. The molecule has 0 aromatic carbocycles. The third-order valence-corrected chi connectivity index (χ3v) is 2.71. The van der Waals surface area contributed by atoms with Crippen molar-refractivity contribution < 1.29 is 25.2 Å². The number of aliphatic hydroxyl groups excluding tert-OH is 4. The van der Waals surface area contributed by atoms with Crippen molar-refractivity contribution in [1.29, 1.82) is 0 Å². The molecule has 0 aromatic heterocycles. The van der Waals surface area contributed by atoms with Crippen LogP contribution in [0.15, 0.2) is 0 Å². The molecule has 0 aromatic rings. The molecule has 1 rings (SSSR count). The second-order valence-corrected chi connectivity index (χ2v) is 3.57. The summed E-state index contributed by atoms with van der Waals surface area (Å²) in [5.41, 5.74) is 0. The summed E-state index contributed by atoms with van der Waals surface area (Å²) in [5.74, 6) is 0. The highest BCUT2D eigenvalue weighted by Crippen LogP contribution is 2.20. The molecule has 0 aliphatic carbocycles. The molecule has 4 N–H and O–H groups in total. The predicted molar refractivity (Wildman–Crippen MR) is 47.8 cm³/mol. The van der Waals surface area contributed by atoms with Gasteiger partial charge >= 0.3 is 0 Å². The van der Waals surface area contributed by atoms with E-state index in [9.17, 15) is 10.2 Å². The zero-order chi connectivity index (χ0) is 9.30. The minimum absolute atomic E-state index is 0.444. The molecule has 0 bridgehead atoms. The third kappa shape index (κ3) is 1.88. The van der Waals surface area contributed by atoms with Gasteiger partial charge in [-0.25, -0.2) is 0 Å². The fraction of sp³-hybridized carbons (Fsp3) is 1.00. The molecule has 12 heavy (non-hydrogen) atoms. The Labute approximate surface area is 83.1 Å². The number of rotatable bonds is 1. The Kier molecular flexibility index (Phi) is 3.68. The van der Waals surface area contributed by atoms with E-state index in [4.69, 9.17) is 14.9 Å². The maximum absolute atomic E-state index is 9.27. The molecule has 1 saturated heterocycles. The Morgan fingerprint density at radius 3 is 2.08 bits per heavy atom. The highest BCUT2D eigenvalue weighted by molar-refractivity contribution is 14.1. The van der Waals surface area contributed by atoms with E-state index >= 15 is 0 Å². The van der Waals surface area contributed by atoms with Crippen LogP contribution in [0.2, 0.25) is 0 Å². The molecule has 0 saturated carbocycles. The smallest absolute Gasteiger partial charge is 0.183 e. The Bertz CT molecular complexity index is 150. The summed E-state index contributed by atoms with van der Waals surface area (Å²) >= 11 is 1.96. The van der Waals surface area contributed by atoms with E-state index in [-0.39, 0.29) is 0 Å². The fourth-order valence-corrected chi connectivity index (χ4v) is 1.79. The first-order valence-corrected chi connectivity index (χ1v) is 5.04. The van der Waals surface area contributed by atoms with Gasteiger partial charge in [0.2, 0.25) is 0 Å². The van der Waals surface area contributed by atoms with Gasteiger partial charge in [0.05, 0.1) is 6.10 Å². The van der Waals surface area contributed by atoms with Crippen LogP contribution in [0.3, 0.4) is 0 Å². The largest absolute Gasteiger partial charge is 0.388 e. The molecule has 0 amide bonds.